The van der Waals surface area contributed by atoms with Gasteiger partial charge in [-0.05, 0) is 32.3 Å². The Hall–Kier alpha value is -2.97. The van der Waals surface area contributed by atoms with E-state index in [9.17, 15) is 18.0 Å². The number of Topliss-reactive ketones (excluding diaryl/α,β-unsaturated/α-hetero) is 1. The van der Waals surface area contributed by atoms with Gasteiger partial charge in [0.2, 0.25) is 0 Å². The summed E-state index contributed by atoms with van der Waals surface area (Å²) in [7, 11) is -4.21. The predicted molar refractivity (Wildman–Crippen MR) is 118 cm³/mol. The van der Waals surface area contributed by atoms with Gasteiger partial charge >= 0.3 is 10.2 Å². The molecule has 1 heterocycles. The van der Waals surface area contributed by atoms with Gasteiger partial charge < -0.3 is 0 Å². The molecular formula is C22H17BrN2O4S. The fourth-order valence-electron chi connectivity index (χ4n) is 3.42. The zero-order valence-electron chi connectivity index (χ0n) is 15.7. The summed E-state index contributed by atoms with van der Waals surface area (Å²) in [5.74, 6) is -1.13. The smallest absolute Gasteiger partial charge is 0.292 e. The van der Waals surface area contributed by atoms with E-state index >= 15 is 0 Å². The Morgan fingerprint density at radius 3 is 2.37 bits per heavy atom. The molecule has 8 heteroatoms. The van der Waals surface area contributed by atoms with E-state index in [2.05, 4.69) is 15.9 Å². The van der Waals surface area contributed by atoms with Gasteiger partial charge in [0, 0.05) is 12.0 Å². The molecule has 0 spiro atoms. The summed E-state index contributed by atoms with van der Waals surface area (Å²) in [5.41, 5.74) is 1.46. The molecule has 1 aliphatic heterocycles. The van der Waals surface area contributed by atoms with Crippen LogP contribution in [0.3, 0.4) is 0 Å². The van der Waals surface area contributed by atoms with Gasteiger partial charge in [0.15, 0.2) is 5.78 Å². The summed E-state index contributed by atoms with van der Waals surface area (Å²) >= 11 is 3.23. The number of halogens is 1. The van der Waals surface area contributed by atoms with Gasteiger partial charge in [0.1, 0.15) is 4.48 Å². The van der Waals surface area contributed by atoms with Crippen molar-refractivity contribution in [1.82, 2.24) is 9.03 Å². The second-order valence-corrected chi connectivity index (χ2v) is 9.20. The maximum absolute atomic E-state index is 12.8. The van der Waals surface area contributed by atoms with Crippen LogP contribution < -0.4 is 4.72 Å². The number of ketones is 1. The number of carbonyl (C=O) groups is 2. The van der Waals surface area contributed by atoms with E-state index in [1.54, 1.807) is 30.3 Å². The lowest BCUT2D eigenvalue weighted by atomic mass is 10.0. The zero-order valence-corrected chi connectivity index (χ0v) is 18.1. The molecule has 6 nitrogen and oxygen atoms in total. The van der Waals surface area contributed by atoms with Crippen molar-refractivity contribution >= 4 is 48.6 Å². The number of hydrogen-bond donors (Lipinski definition) is 1. The maximum Gasteiger partial charge on any atom is 0.326 e. The molecule has 3 aromatic rings. The van der Waals surface area contributed by atoms with Gasteiger partial charge in [-0.1, -0.05) is 72.8 Å². The third kappa shape index (κ3) is 3.88. The van der Waals surface area contributed by atoms with Crippen LogP contribution in [0.2, 0.25) is 0 Å². The van der Waals surface area contributed by atoms with Crippen molar-refractivity contribution in [3.8, 4) is 0 Å². The molecule has 0 aliphatic carbocycles. The molecule has 0 fully saturated rings. The Morgan fingerprint density at radius 2 is 1.60 bits per heavy atom. The second kappa shape index (κ2) is 8.04. The van der Waals surface area contributed by atoms with E-state index in [-0.39, 0.29) is 22.4 Å². The van der Waals surface area contributed by atoms with Crippen LogP contribution in [0.4, 0.5) is 0 Å². The van der Waals surface area contributed by atoms with E-state index < -0.39 is 22.7 Å². The lowest BCUT2D eigenvalue weighted by Gasteiger charge is -2.31. The SMILES string of the molecule is O=C1NS(=O)(=O)N(CC(=O)c2ccccc2)C(Cc2cccc3ccccc23)=C1Br. The molecule has 0 aromatic heterocycles. The van der Waals surface area contributed by atoms with Crippen molar-refractivity contribution in [2.75, 3.05) is 6.54 Å². The Labute approximate surface area is 182 Å². The summed E-state index contributed by atoms with van der Waals surface area (Å²) < 4.78 is 28.5. The Kier molecular flexibility index (Phi) is 5.44. The van der Waals surface area contributed by atoms with Crippen LogP contribution in [0.15, 0.2) is 83.0 Å². The maximum atomic E-state index is 12.8. The molecule has 0 saturated heterocycles. The first kappa shape index (κ1) is 20.3. The molecule has 3 aromatic carbocycles. The first-order valence-electron chi connectivity index (χ1n) is 9.15. The number of benzene rings is 3. The minimum atomic E-state index is -4.21. The molecule has 4 rings (SSSR count). The number of nitrogens with zero attached hydrogens (tertiary/aromatic N) is 1. The van der Waals surface area contributed by atoms with Crippen LogP contribution in [0.5, 0.6) is 0 Å². The fraction of sp³-hybridized carbons (Fsp3) is 0.0909. The summed E-state index contributed by atoms with van der Waals surface area (Å²) in [6.45, 7) is -0.415. The van der Waals surface area contributed by atoms with E-state index in [4.69, 9.17) is 0 Å². The van der Waals surface area contributed by atoms with Crippen molar-refractivity contribution in [3.63, 3.8) is 0 Å². The lowest BCUT2D eigenvalue weighted by molar-refractivity contribution is -0.115. The molecule has 30 heavy (non-hydrogen) atoms. The standard InChI is InChI=1S/C22H17BrN2O4S/c23-21-19(13-17-11-6-10-15-7-4-5-12-18(15)17)25(30(28,29)24-22(21)27)14-20(26)16-8-2-1-3-9-16/h1-12H,13-14H2,(H,24,27). The van der Waals surface area contributed by atoms with Gasteiger partial charge in [0.05, 0.1) is 12.2 Å². The van der Waals surface area contributed by atoms with E-state index in [0.717, 1.165) is 20.6 Å². The van der Waals surface area contributed by atoms with Crippen molar-refractivity contribution in [2.24, 2.45) is 0 Å². The molecule has 0 unspecified atom stereocenters. The molecule has 0 saturated carbocycles. The number of allylic oxidation sites excluding steroid dienone is 1. The van der Waals surface area contributed by atoms with Gasteiger partial charge in [-0.3, -0.25) is 9.59 Å². The van der Waals surface area contributed by atoms with Gasteiger partial charge in [-0.15, -0.1) is 0 Å². The average Bonchev–Trinajstić information content (AvgIpc) is 2.75. The molecule has 0 radical (unpaired) electrons. The van der Waals surface area contributed by atoms with Crippen LogP contribution in [-0.4, -0.2) is 31.0 Å². The van der Waals surface area contributed by atoms with Crippen LogP contribution in [0.1, 0.15) is 15.9 Å². The average molecular weight is 485 g/mol. The van der Waals surface area contributed by atoms with Gasteiger partial charge in [-0.25, -0.2) is 9.03 Å². The van der Waals surface area contributed by atoms with E-state index in [0.29, 0.717) is 5.56 Å². The Bertz CT molecular complexity index is 1280. The minimum absolute atomic E-state index is 0.0890. The monoisotopic (exact) mass is 484 g/mol. The second-order valence-electron chi connectivity index (χ2n) is 6.81. The highest BCUT2D eigenvalue weighted by Gasteiger charge is 2.37. The third-order valence-corrected chi connectivity index (χ3v) is 7.08. The van der Waals surface area contributed by atoms with Crippen LogP contribution in [0, 0.1) is 0 Å². The van der Waals surface area contributed by atoms with Crippen molar-refractivity contribution in [2.45, 2.75) is 6.42 Å². The molecule has 1 aliphatic rings. The number of hydrogen-bond acceptors (Lipinski definition) is 4. The lowest BCUT2D eigenvalue weighted by Crippen LogP contribution is -2.50. The molecular weight excluding hydrogens is 468 g/mol. The van der Waals surface area contributed by atoms with Crippen LogP contribution >= 0.6 is 15.9 Å². The number of rotatable bonds is 5. The topological polar surface area (TPSA) is 83.6 Å². The minimum Gasteiger partial charge on any atom is -0.292 e. The largest absolute Gasteiger partial charge is 0.326 e. The van der Waals surface area contributed by atoms with Crippen molar-refractivity contribution in [1.29, 1.82) is 0 Å². The summed E-state index contributed by atoms with van der Waals surface area (Å²) in [4.78, 5) is 25.0. The number of fused-ring (bicyclic) bond motifs is 1. The highest BCUT2D eigenvalue weighted by molar-refractivity contribution is 9.12. The highest BCUT2D eigenvalue weighted by atomic mass is 79.9. The first-order valence-corrected chi connectivity index (χ1v) is 11.4. The van der Waals surface area contributed by atoms with E-state index in [1.807, 2.05) is 47.2 Å². The summed E-state index contributed by atoms with van der Waals surface area (Å²) in [6, 6.07) is 21.9. The van der Waals surface area contributed by atoms with Gasteiger partial charge in [-0.2, -0.15) is 8.42 Å². The van der Waals surface area contributed by atoms with Crippen molar-refractivity contribution < 1.29 is 18.0 Å². The summed E-state index contributed by atoms with van der Waals surface area (Å²) in [6.07, 6.45) is 0.163. The Morgan fingerprint density at radius 1 is 0.933 bits per heavy atom. The molecule has 1 amide bonds. The highest BCUT2D eigenvalue weighted by Crippen LogP contribution is 2.30. The molecule has 152 valence electrons. The molecule has 1 N–H and O–H groups in total. The van der Waals surface area contributed by atoms with Crippen molar-refractivity contribution in [3.05, 3.63) is 94.1 Å². The normalized spacial score (nSPS) is 15.9. The number of carbonyl (C=O) groups excluding carboxylic acids is 2. The molecule has 0 bridgehead atoms. The Balaban J connectivity index is 1.76. The van der Waals surface area contributed by atoms with Crippen LogP contribution in [-0.2, 0) is 21.4 Å². The first-order chi connectivity index (χ1) is 14.4. The quantitative estimate of drug-likeness (QED) is 0.561. The van der Waals surface area contributed by atoms with E-state index in [1.165, 1.54) is 0 Å². The van der Waals surface area contributed by atoms with Crippen LogP contribution in [0.25, 0.3) is 10.8 Å². The summed E-state index contributed by atoms with van der Waals surface area (Å²) in [5, 5.41) is 1.95. The fourth-order valence-corrected chi connectivity index (χ4v) is 5.30. The predicted octanol–water partition coefficient (Wildman–Crippen LogP) is 3.55. The van der Waals surface area contributed by atoms with Gasteiger partial charge in [0.25, 0.3) is 5.91 Å². The number of nitrogens with one attached hydrogen (secondary N) is 1. The zero-order chi connectivity index (χ0) is 21.3. The molecule has 0 atom stereocenters. The third-order valence-electron chi connectivity index (χ3n) is 4.89. The number of amides is 1.